The standard InChI is InChI=1S/C27H43N/c1-17-8-11-23-18(2)25-24(28(23)16-17)15-22-20-10-9-19-7-5-6-13-26(19,3)21(20)12-14-27(22,25)4/h9,17-18,20-25H,5-8,10-16H2,1-4H3/t17-,18+,20+,21-,22-,23+,24-,25-,26-,27-/m0/s1. The minimum Gasteiger partial charge on any atom is -0.297 e. The molecule has 0 radical (unpaired) electrons. The molecular formula is C27H43N. The maximum Gasteiger partial charge on any atom is 0.0138 e. The van der Waals surface area contributed by atoms with Gasteiger partial charge in [0.25, 0.3) is 0 Å². The number of fused-ring (bicyclic) bond motifs is 9. The Morgan fingerprint density at radius 3 is 2.68 bits per heavy atom. The van der Waals surface area contributed by atoms with Gasteiger partial charge in [-0.3, -0.25) is 4.90 Å². The number of hydrogen-bond acceptors (Lipinski definition) is 1. The predicted octanol–water partition coefficient (Wildman–Crippen LogP) is 6.68. The van der Waals surface area contributed by atoms with Crippen LogP contribution >= 0.6 is 0 Å². The highest BCUT2D eigenvalue weighted by Gasteiger charge is 2.66. The first-order valence-electron chi connectivity index (χ1n) is 12.9. The zero-order valence-electron chi connectivity index (χ0n) is 18.9. The van der Waals surface area contributed by atoms with E-state index in [1.165, 1.54) is 70.8 Å². The van der Waals surface area contributed by atoms with Gasteiger partial charge in [-0.05, 0) is 104 Å². The van der Waals surface area contributed by atoms with E-state index in [2.05, 4.69) is 38.7 Å². The SMILES string of the molecule is C[C@H]1CC[C@@H]2[C@@H](C)[C@H]3[C@H](C[C@H]4[C@@H]5CC=C6CCCC[C@]6(C)[C@H]5CC[C@]34C)N2C1. The summed E-state index contributed by atoms with van der Waals surface area (Å²) in [7, 11) is 0. The van der Waals surface area contributed by atoms with Crippen LogP contribution in [0.15, 0.2) is 11.6 Å². The van der Waals surface area contributed by atoms with Gasteiger partial charge in [-0.2, -0.15) is 0 Å². The van der Waals surface area contributed by atoms with Crippen molar-refractivity contribution in [1.82, 2.24) is 4.90 Å². The molecule has 0 spiro atoms. The Bertz CT molecular complexity index is 680. The molecule has 10 atom stereocenters. The highest BCUT2D eigenvalue weighted by atomic mass is 15.2. The van der Waals surface area contributed by atoms with Crippen molar-refractivity contribution in [2.24, 2.45) is 46.3 Å². The van der Waals surface area contributed by atoms with E-state index in [0.29, 0.717) is 10.8 Å². The van der Waals surface area contributed by atoms with Crippen LogP contribution in [-0.4, -0.2) is 23.5 Å². The highest BCUT2D eigenvalue weighted by Crippen LogP contribution is 2.69. The summed E-state index contributed by atoms with van der Waals surface area (Å²) in [5, 5.41) is 0. The molecule has 1 heteroatoms. The molecule has 2 heterocycles. The Kier molecular flexibility index (Phi) is 4.03. The fourth-order valence-electron chi connectivity index (χ4n) is 10.4. The molecule has 6 aliphatic rings. The van der Waals surface area contributed by atoms with E-state index >= 15 is 0 Å². The van der Waals surface area contributed by atoms with Gasteiger partial charge in [-0.25, -0.2) is 0 Å². The molecule has 6 rings (SSSR count). The van der Waals surface area contributed by atoms with Crippen molar-refractivity contribution in [1.29, 1.82) is 0 Å². The van der Waals surface area contributed by atoms with Crippen molar-refractivity contribution in [3.8, 4) is 0 Å². The van der Waals surface area contributed by atoms with E-state index in [1.807, 2.05) is 5.57 Å². The van der Waals surface area contributed by atoms with Crippen LogP contribution in [0.1, 0.15) is 91.9 Å². The van der Waals surface area contributed by atoms with Crippen LogP contribution in [0.2, 0.25) is 0 Å². The normalized spacial score (nSPS) is 58.2. The Labute approximate surface area is 173 Å². The van der Waals surface area contributed by atoms with Crippen LogP contribution in [0.25, 0.3) is 0 Å². The Morgan fingerprint density at radius 1 is 0.964 bits per heavy atom. The quantitative estimate of drug-likeness (QED) is 0.423. The fraction of sp³-hybridized carbons (Fsp3) is 0.926. The first-order chi connectivity index (χ1) is 13.4. The van der Waals surface area contributed by atoms with Crippen LogP contribution in [-0.2, 0) is 0 Å². The monoisotopic (exact) mass is 381 g/mol. The minimum atomic E-state index is 0.563. The van der Waals surface area contributed by atoms with Gasteiger partial charge in [0.15, 0.2) is 0 Å². The zero-order valence-corrected chi connectivity index (χ0v) is 18.9. The topological polar surface area (TPSA) is 3.24 Å². The first kappa shape index (κ1) is 18.5. The summed E-state index contributed by atoms with van der Waals surface area (Å²) in [5.41, 5.74) is 3.07. The number of rotatable bonds is 0. The summed E-state index contributed by atoms with van der Waals surface area (Å²) >= 11 is 0. The van der Waals surface area contributed by atoms with Gasteiger partial charge >= 0.3 is 0 Å². The minimum absolute atomic E-state index is 0.563. The molecule has 0 aromatic rings. The molecule has 0 aromatic heterocycles. The molecule has 0 unspecified atom stereocenters. The fourth-order valence-corrected chi connectivity index (χ4v) is 10.4. The van der Waals surface area contributed by atoms with Gasteiger partial charge in [0.1, 0.15) is 0 Å². The molecule has 4 aliphatic carbocycles. The van der Waals surface area contributed by atoms with Gasteiger partial charge in [0.2, 0.25) is 0 Å². The number of piperidine rings is 1. The summed E-state index contributed by atoms with van der Waals surface area (Å²) in [4.78, 5) is 3.05. The molecule has 2 saturated heterocycles. The van der Waals surface area contributed by atoms with Gasteiger partial charge < -0.3 is 0 Å². The first-order valence-corrected chi connectivity index (χ1v) is 12.9. The number of nitrogens with zero attached hydrogens (tertiary/aromatic N) is 1. The molecule has 0 N–H and O–H groups in total. The molecule has 0 aromatic carbocycles. The van der Waals surface area contributed by atoms with Crippen molar-refractivity contribution in [3.63, 3.8) is 0 Å². The molecule has 5 fully saturated rings. The van der Waals surface area contributed by atoms with Gasteiger partial charge in [0.05, 0.1) is 0 Å². The van der Waals surface area contributed by atoms with Crippen LogP contribution < -0.4 is 0 Å². The molecule has 28 heavy (non-hydrogen) atoms. The van der Waals surface area contributed by atoms with Gasteiger partial charge in [0, 0.05) is 18.6 Å². The maximum absolute atomic E-state index is 3.05. The molecule has 0 amide bonds. The highest BCUT2D eigenvalue weighted by molar-refractivity contribution is 5.26. The smallest absolute Gasteiger partial charge is 0.0138 e. The average Bonchev–Trinajstić information content (AvgIpc) is 3.14. The van der Waals surface area contributed by atoms with Crippen molar-refractivity contribution < 1.29 is 0 Å². The largest absolute Gasteiger partial charge is 0.297 e. The third-order valence-electron chi connectivity index (χ3n) is 11.6. The summed E-state index contributed by atoms with van der Waals surface area (Å²) in [6.45, 7) is 12.0. The summed E-state index contributed by atoms with van der Waals surface area (Å²) in [5.74, 6) is 5.83. The lowest BCUT2D eigenvalue weighted by molar-refractivity contribution is -0.0501. The maximum atomic E-state index is 3.05. The van der Waals surface area contributed by atoms with E-state index in [-0.39, 0.29) is 0 Å². The lowest BCUT2D eigenvalue weighted by atomic mass is 9.47. The van der Waals surface area contributed by atoms with Crippen molar-refractivity contribution >= 4 is 0 Å². The molecule has 3 saturated carbocycles. The Morgan fingerprint density at radius 2 is 1.82 bits per heavy atom. The van der Waals surface area contributed by atoms with Crippen LogP contribution in [0.3, 0.4) is 0 Å². The van der Waals surface area contributed by atoms with E-state index in [9.17, 15) is 0 Å². The van der Waals surface area contributed by atoms with Gasteiger partial charge in [-0.15, -0.1) is 0 Å². The second-order valence-electron chi connectivity index (χ2n) is 12.6. The second-order valence-corrected chi connectivity index (χ2v) is 12.6. The second kappa shape index (κ2) is 6.12. The van der Waals surface area contributed by atoms with Crippen molar-refractivity contribution in [2.75, 3.05) is 6.54 Å². The van der Waals surface area contributed by atoms with Crippen molar-refractivity contribution in [3.05, 3.63) is 11.6 Å². The summed E-state index contributed by atoms with van der Waals surface area (Å²) in [6, 6.07) is 1.83. The number of allylic oxidation sites excluding steroid dienone is 2. The molecule has 1 nitrogen and oxygen atoms in total. The molecule has 2 aliphatic heterocycles. The molecule has 0 bridgehead atoms. The Hall–Kier alpha value is -0.300. The van der Waals surface area contributed by atoms with Crippen molar-refractivity contribution in [2.45, 2.75) is 104 Å². The lowest BCUT2D eigenvalue weighted by Crippen LogP contribution is -2.50. The molecule has 156 valence electrons. The van der Waals surface area contributed by atoms with E-state index in [0.717, 1.165) is 47.6 Å². The van der Waals surface area contributed by atoms with Crippen LogP contribution in [0.5, 0.6) is 0 Å². The summed E-state index contributed by atoms with van der Waals surface area (Å²) < 4.78 is 0. The summed E-state index contributed by atoms with van der Waals surface area (Å²) in [6.07, 6.45) is 17.6. The average molecular weight is 382 g/mol. The Balaban J connectivity index is 1.34. The van der Waals surface area contributed by atoms with E-state index < -0.39 is 0 Å². The molecular weight excluding hydrogens is 338 g/mol. The number of hydrogen-bond donors (Lipinski definition) is 0. The third-order valence-corrected chi connectivity index (χ3v) is 11.6. The predicted molar refractivity (Wildman–Crippen MR) is 117 cm³/mol. The van der Waals surface area contributed by atoms with Crippen LogP contribution in [0.4, 0.5) is 0 Å². The van der Waals surface area contributed by atoms with E-state index in [4.69, 9.17) is 0 Å². The van der Waals surface area contributed by atoms with Gasteiger partial charge in [-0.1, -0.05) is 45.8 Å². The van der Waals surface area contributed by atoms with E-state index in [1.54, 1.807) is 0 Å². The van der Waals surface area contributed by atoms with Crippen LogP contribution in [0, 0.1) is 46.3 Å². The lowest BCUT2D eigenvalue weighted by Gasteiger charge is -2.58. The zero-order chi connectivity index (χ0) is 19.3. The third kappa shape index (κ3) is 2.24.